The third-order valence-electron chi connectivity index (χ3n) is 2.80. The first-order chi connectivity index (χ1) is 8.67. The van der Waals surface area contributed by atoms with Gasteiger partial charge in [-0.3, -0.25) is 4.79 Å². The molecule has 0 radical (unpaired) electrons. The van der Waals surface area contributed by atoms with E-state index in [0.29, 0.717) is 0 Å². The van der Waals surface area contributed by atoms with E-state index in [2.05, 4.69) is 31.2 Å². The SMILES string of the molecule is CCc1ccccc1.Cc1ccc(C=O)c(C)c1. The lowest BCUT2D eigenvalue weighted by Gasteiger charge is -1.97. The molecule has 0 amide bonds. The Balaban J connectivity index is 0.000000184. The maximum atomic E-state index is 10.3. The third-order valence-corrected chi connectivity index (χ3v) is 2.80. The van der Waals surface area contributed by atoms with Gasteiger partial charge in [0.25, 0.3) is 0 Å². The third kappa shape index (κ3) is 4.54. The Hall–Kier alpha value is -1.89. The van der Waals surface area contributed by atoms with Crippen molar-refractivity contribution in [3.63, 3.8) is 0 Å². The fourth-order valence-corrected chi connectivity index (χ4v) is 1.67. The lowest BCUT2D eigenvalue weighted by Crippen LogP contribution is -1.85. The molecule has 0 atom stereocenters. The van der Waals surface area contributed by atoms with Crippen LogP contribution >= 0.6 is 0 Å². The summed E-state index contributed by atoms with van der Waals surface area (Å²) in [6, 6.07) is 16.2. The number of carbonyl (C=O) groups is 1. The van der Waals surface area contributed by atoms with Gasteiger partial charge < -0.3 is 0 Å². The molecule has 2 aromatic rings. The highest BCUT2D eigenvalue weighted by Crippen LogP contribution is 2.07. The molecule has 0 spiro atoms. The van der Waals surface area contributed by atoms with Crippen molar-refractivity contribution in [1.82, 2.24) is 0 Å². The quantitative estimate of drug-likeness (QED) is 0.713. The zero-order valence-corrected chi connectivity index (χ0v) is 11.3. The molecule has 0 N–H and O–H groups in total. The van der Waals surface area contributed by atoms with Crippen molar-refractivity contribution in [3.8, 4) is 0 Å². The fourth-order valence-electron chi connectivity index (χ4n) is 1.67. The molecule has 94 valence electrons. The first-order valence-electron chi connectivity index (χ1n) is 6.23. The van der Waals surface area contributed by atoms with Crippen molar-refractivity contribution < 1.29 is 4.79 Å². The Morgan fingerprint density at radius 3 is 2.11 bits per heavy atom. The summed E-state index contributed by atoms with van der Waals surface area (Å²) < 4.78 is 0. The van der Waals surface area contributed by atoms with Gasteiger partial charge in [0.15, 0.2) is 0 Å². The average Bonchev–Trinajstić information content (AvgIpc) is 2.40. The molecule has 2 rings (SSSR count). The van der Waals surface area contributed by atoms with Crippen LogP contribution in [0.2, 0.25) is 0 Å². The summed E-state index contributed by atoms with van der Waals surface area (Å²) in [4.78, 5) is 10.3. The smallest absolute Gasteiger partial charge is 0.150 e. The van der Waals surface area contributed by atoms with Gasteiger partial charge in [-0.2, -0.15) is 0 Å². The van der Waals surface area contributed by atoms with Crippen molar-refractivity contribution in [2.75, 3.05) is 0 Å². The molecule has 2 aromatic carbocycles. The minimum atomic E-state index is 0.783. The topological polar surface area (TPSA) is 17.1 Å². The van der Waals surface area contributed by atoms with E-state index >= 15 is 0 Å². The number of rotatable bonds is 2. The summed E-state index contributed by atoms with van der Waals surface area (Å²) in [5, 5.41) is 0. The van der Waals surface area contributed by atoms with Crippen LogP contribution in [0.25, 0.3) is 0 Å². The maximum absolute atomic E-state index is 10.3. The van der Waals surface area contributed by atoms with Crippen molar-refractivity contribution in [2.45, 2.75) is 27.2 Å². The highest BCUT2D eigenvalue weighted by molar-refractivity contribution is 5.77. The molecule has 0 saturated carbocycles. The highest BCUT2D eigenvalue weighted by atomic mass is 16.1. The van der Waals surface area contributed by atoms with Gasteiger partial charge in [-0.05, 0) is 31.4 Å². The molecule has 0 heterocycles. The highest BCUT2D eigenvalue weighted by Gasteiger charge is 1.93. The van der Waals surface area contributed by atoms with Crippen LogP contribution in [-0.2, 0) is 6.42 Å². The van der Waals surface area contributed by atoms with Crippen LogP contribution in [0.3, 0.4) is 0 Å². The van der Waals surface area contributed by atoms with Crippen LogP contribution in [0.15, 0.2) is 48.5 Å². The van der Waals surface area contributed by atoms with Crippen molar-refractivity contribution in [1.29, 1.82) is 0 Å². The second-order valence-corrected chi connectivity index (χ2v) is 4.32. The lowest BCUT2D eigenvalue weighted by molar-refractivity contribution is 0.112. The first-order valence-corrected chi connectivity index (χ1v) is 6.23. The van der Waals surface area contributed by atoms with Gasteiger partial charge in [-0.15, -0.1) is 0 Å². The van der Waals surface area contributed by atoms with Gasteiger partial charge in [0.05, 0.1) is 0 Å². The number of aldehydes is 1. The van der Waals surface area contributed by atoms with Crippen molar-refractivity contribution >= 4 is 6.29 Å². The number of hydrogen-bond donors (Lipinski definition) is 0. The molecule has 0 aliphatic carbocycles. The summed E-state index contributed by atoms with van der Waals surface area (Å²) in [7, 11) is 0. The van der Waals surface area contributed by atoms with E-state index in [1.807, 2.05) is 38.1 Å². The van der Waals surface area contributed by atoms with Crippen LogP contribution in [-0.4, -0.2) is 6.29 Å². The Kier molecular flexibility index (Phi) is 5.86. The average molecular weight is 240 g/mol. The van der Waals surface area contributed by atoms with Crippen LogP contribution < -0.4 is 0 Å². The lowest BCUT2D eigenvalue weighted by atomic mass is 10.1. The molecule has 18 heavy (non-hydrogen) atoms. The predicted octanol–water partition coefficient (Wildman–Crippen LogP) is 4.36. The molecule has 0 fully saturated rings. The summed E-state index contributed by atoms with van der Waals surface area (Å²) in [5.41, 5.74) is 4.44. The van der Waals surface area contributed by atoms with Gasteiger partial charge in [0.1, 0.15) is 6.29 Å². The number of carbonyl (C=O) groups excluding carboxylic acids is 1. The Morgan fingerprint density at radius 1 is 1.00 bits per heavy atom. The number of hydrogen-bond acceptors (Lipinski definition) is 1. The minimum Gasteiger partial charge on any atom is -0.298 e. The predicted molar refractivity (Wildman–Crippen MR) is 77.1 cm³/mol. The Bertz CT molecular complexity index is 486. The van der Waals surface area contributed by atoms with E-state index in [0.717, 1.165) is 23.8 Å². The van der Waals surface area contributed by atoms with Gasteiger partial charge in [-0.1, -0.05) is 61.0 Å². The van der Waals surface area contributed by atoms with E-state index in [1.165, 1.54) is 11.1 Å². The van der Waals surface area contributed by atoms with E-state index in [4.69, 9.17) is 0 Å². The molecule has 1 nitrogen and oxygen atoms in total. The van der Waals surface area contributed by atoms with E-state index in [-0.39, 0.29) is 0 Å². The molecule has 0 bridgehead atoms. The normalized spacial score (nSPS) is 9.28. The van der Waals surface area contributed by atoms with Crippen LogP contribution in [0.4, 0.5) is 0 Å². The van der Waals surface area contributed by atoms with E-state index < -0.39 is 0 Å². The van der Waals surface area contributed by atoms with Crippen molar-refractivity contribution in [2.24, 2.45) is 0 Å². The van der Waals surface area contributed by atoms with Gasteiger partial charge in [0, 0.05) is 5.56 Å². The molecular weight excluding hydrogens is 220 g/mol. The minimum absolute atomic E-state index is 0.783. The summed E-state index contributed by atoms with van der Waals surface area (Å²) in [6.45, 7) is 6.12. The van der Waals surface area contributed by atoms with E-state index in [9.17, 15) is 4.79 Å². The number of benzene rings is 2. The molecular formula is C17H20O. The largest absolute Gasteiger partial charge is 0.298 e. The molecule has 0 saturated heterocycles. The standard InChI is InChI=1S/C9H10O.C8H10/c1-7-3-4-9(6-10)8(2)5-7;1-2-8-6-4-3-5-7-8/h3-6H,1-2H3;3-7H,2H2,1H3. The Morgan fingerprint density at radius 2 is 1.67 bits per heavy atom. The zero-order valence-electron chi connectivity index (χ0n) is 11.3. The van der Waals surface area contributed by atoms with Gasteiger partial charge >= 0.3 is 0 Å². The zero-order chi connectivity index (χ0) is 13.4. The first kappa shape index (κ1) is 14.2. The summed E-state index contributed by atoms with van der Waals surface area (Å²) >= 11 is 0. The van der Waals surface area contributed by atoms with Crippen LogP contribution in [0.1, 0.15) is 34.0 Å². The van der Waals surface area contributed by atoms with Crippen LogP contribution in [0.5, 0.6) is 0 Å². The van der Waals surface area contributed by atoms with Gasteiger partial charge in [0.2, 0.25) is 0 Å². The maximum Gasteiger partial charge on any atom is 0.150 e. The molecule has 0 aliphatic heterocycles. The fraction of sp³-hybridized carbons (Fsp3) is 0.235. The van der Waals surface area contributed by atoms with E-state index in [1.54, 1.807) is 0 Å². The second-order valence-electron chi connectivity index (χ2n) is 4.32. The monoisotopic (exact) mass is 240 g/mol. The van der Waals surface area contributed by atoms with Gasteiger partial charge in [-0.25, -0.2) is 0 Å². The molecule has 1 heteroatoms. The number of aryl methyl sites for hydroxylation is 3. The summed E-state index contributed by atoms with van der Waals surface area (Å²) in [6.07, 6.45) is 2.02. The van der Waals surface area contributed by atoms with Crippen LogP contribution in [0, 0.1) is 13.8 Å². The molecule has 0 aromatic heterocycles. The summed E-state index contributed by atoms with van der Waals surface area (Å²) in [5.74, 6) is 0. The van der Waals surface area contributed by atoms with Crippen molar-refractivity contribution in [3.05, 3.63) is 70.8 Å². The molecule has 0 aliphatic rings. The Labute approximate surface area is 109 Å². The second kappa shape index (κ2) is 7.44. The molecule has 0 unspecified atom stereocenters.